The van der Waals surface area contributed by atoms with Crippen molar-refractivity contribution in [2.75, 3.05) is 30.3 Å². The maximum absolute atomic E-state index is 10.9. The summed E-state index contributed by atoms with van der Waals surface area (Å²) in [4.78, 5) is 21.4. The number of aromatic nitrogens is 2. The Morgan fingerprint density at radius 2 is 2.10 bits per heavy atom. The van der Waals surface area contributed by atoms with E-state index >= 15 is 0 Å². The second-order valence-electron chi connectivity index (χ2n) is 5.17. The number of halogens is 1. The van der Waals surface area contributed by atoms with Gasteiger partial charge in [-0.3, -0.25) is 4.79 Å². The summed E-state index contributed by atoms with van der Waals surface area (Å²) in [5.74, 6) is 1.50. The van der Waals surface area contributed by atoms with Gasteiger partial charge < -0.3 is 16.0 Å². The topological polar surface area (TPSA) is 84.1 Å². The summed E-state index contributed by atoms with van der Waals surface area (Å²) in [7, 11) is 0. The van der Waals surface area contributed by atoms with Gasteiger partial charge in [0.1, 0.15) is 5.02 Å². The predicted octanol–water partition coefficient (Wildman–Crippen LogP) is 1.37. The molecule has 0 radical (unpaired) electrons. The lowest BCUT2D eigenvalue weighted by Gasteiger charge is -2.33. The maximum Gasteiger partial charge on any atom is 0.222 e. The highest BCUT2D eigenvalue weighted by Crippen LogP contribution is 2.29. The molecule has 1 aromatic rings. The number of nitrogens with one attached hydrogen (secondary N) is 1. The van der Waals surface area contributed by atoms with Crippen LogP contribution < -0.4 is 16.0 Å². The van der Waals surface area contributed by atoms with Gasteiger partial charge in [-0.15, -0.1) is 0 Å². The number of nitrogens with zero attached hydrogens (tertiary/aromatic N) is 3. The van der Waals surface area contributed by atoms with Gasteiger partial charge >= 0.3 is 0 Å². The van der Waals surface area contributed by atoms with Gasteiger partial charge in [0.2, 0.25) is 11.9 Å². The smallest absolute Gasteiger partial charge is 0.222 e. The van der Waals surface area contributed by atoms with Crippen LogP contribution in [0.4, 0.5) is 11.8 Å². The van der Waals surface area contributed by atoms with Crippen LogP contribution in [0.2, 0.25) is 5.02 Å². The second kappa shape index (κ2) is 6.26. The number of aryl methyl sites for hydroxylation is 1. The highest BCUT2D eigenvalue weighted by atomic mass is 35.5. The fourth-order valence-corrected chi connectivity index (χ4v) is 2.62. The third-order valence-corrected chi connectivity index (χ3v) is 4.01. The molecule has 2 heterocycles. The first-order chi connectivity index (χ1) is 9.47. The van der Waals surface area contributed by atoms with Crippen LogP contribution in [0.5, 0.6) is 0 Å². The molecule has 110 valence electrons. The van der Waals surface area contributed by atoms with Crippen molar-refractivity contribution in [2.24, 2.45) is 5.92 Å². The normalized spacial score (nSPS) is 16.2. The zero-order valence-electron chi connectivity index (χ0n) is 11.8. The van der Waals surface area contributed by atoms with Crippen LogP contribution in [0.15, 0.2) is 0 Å². The molecule has 1 aliphatic heterocycles. The van der Waals surface area contributed by atoms with Crippen molar-refractivity contribution in [2.45, 2.75) is 26.7 Å². The first-order valence-electron chi connectivity index (χ1n) is 6.76. The Morgan fingerprint density at radius 1 is 1.45 bits per heavy atom. The molecule has 3 N–H and O–H groups in total. The second-order valence-corrected chi connectivity index (χ2v) is 5.55. The largest absolute Gasteiger partial charge is 0.368 e. The molecule has 6 nitrogen and oxygen atoms in total. The van der Waals surface area contributed by atoms with Crippen LogP contribution in [0.3, 0.4) is 0 Å². The van der Waals surface area contributed by atoms with Crippen molar-refractivity contribution in [1.29, 1.82) is 0 Å². The van der Waals surface area contributed by atoms with E-state index in [4.69, 9.17) is 17.3 Å². The summed E-state index contributed by atoms with van der Waals surface area (Å²) in [5, 5.41) is 3.44. The Bertz CT molecular complexity index is 500. The molecule has 0 bridgehead atoms. The lowest BCUT2D eigenvalue weighted by atomic mass is 9.97. The molecule has 1 aliphatic rings. The van der Waals surface area contributed by atoms with Crippen molar-refractivity contribution in [1.82, 2.24) is 15.3 Å². The van der Waals surface area contributed by atoms with E-state index in [-0.39, 0.29) is 11.9 Å². The Kier molecular flexibility index (Phi) is 4.65. The minimum absolute atomic E-state index is 0.0228. The average molecular weight is 298 g/mol. The number of hydrogen-bond donors (Lipinski definition) is 2. The molecule has 0 atom stereocenters. The third-order valence-electron chi connectivity index (χ3n) is 3.57. The van der Waals surface area contributed by atoms with Gasteiger partial charge in [0.25, 0.3) is 0 Å². The van der Waals surface area contributed by atoms with Crippen molar-refractivity contribution in [3.8, 4) is 0 Å². The van der Waals surface area contributed by atoms with E-state index in [9.17, 15) is 4.79 Å². The molecule has 0 unspecified atom stereocenters. The number of carbonyl (C=O) groups excluding carboxylic acids is 1. The quantitative estimate of drug-likeness (QED) is 0.880. The van der Waals surface area contributed by atoms with E-state index in [0.717, 1.165) is 38.3 Å². The average Bonchev–Trinajstić information content (AvgIpc) is 2.41. The van der Waals surface area contributed by atoms with Crippen molar-refractivity contribution in [3.05, 3.63) is 10.7 Å². The standard InChI is InChI=1S/C13H20ClN5O/c1-8-11(14)12(18-13(15)17-8)19-5-3-10(4-6-19)7-16-9(2)20/h10H,3-7H2,1-2H3,(H,16,20)(H2,15,17,18). The molecule has 1 fully saturated rings. The molecule has 20 heavy (non-hydrogen) atoms. The van der Waals surface area contributed by atoms with Gasteiger partial charge in [-0.2, -0.15) is 4.98 Å². The van der Waals surface area contributed by atoms with E-state index in [0.29, 0.717) is 16.6 Å². The van der Waals surface area contributed by atoms with Crippen LogP contribution in [-0.4, -0.2) is 35.5 Å². The lowest BCUT2D eigenvalue weighted by molar-refractivity contribution is -0.119. The molecular formula is C13H20ClN5O. The van der Waals surface area contributed by atoms with Crippen molar-refractivity contribution < 1.29 is 4.79 Å². The zero-order chi connectivity index (χ0) is 14.7. The molecule has 1 amide bonds. The minimum atomic E-state index is 0.0228. The molecule has 1 aromatic heterocycles. The zero-order valence-corrected chi connectivity index (χ0v) is 12.6. The third kappa shape index (κ3) is 3.50. The Morgan fingerprint density at radius 3 is 2.70 bits per heavy atom. The molecule has 0 spiro atoms. The van der Waals surface area contributed by atoms with Crippen LogP contribution in [-0.2, 0) is 4.79 Å². The Labute approximate surface area is 123 Å². The van der Waals surface area contributed by atoms with Gasteiger partial charge in [0.05, 0.1) is 5.69 Å². The number of anilines is 2. The van der Waals surface area contributed by atoms with Gasteiger partial charge in [-0.05, 0) is 25.7 Å². The summed E-state index contributed by atoms with van der Waals surface area (Å²) >= 11 is 6.26. The molecule has 1 saturated heterocycles. The van der Waals surface area contributed by atoms with Crippen molar-refractivity contribution in [3.63, 3.8) is 0 Å². The summed E-state index contributed by atoms with van der Waals surface area (Å²) in [6.07, 6.45) is 2.00. The summed E-state index contributed by atoms with van der Waals surface area (Å²) in [5.41, 5.74) is 6.39. The monoisotopic (exact) mass is 297 g/mol. The van der Waals surface area contributed by atoms with E-state index in [2.05, 4.69) is 20.2 Å². The predicted molar refractivity (Wildman–Crippen MR) is 79.8 cm³/mol. The van der Waals surface area contributed by atoms with Crippen molar-refractivity contribution >= 4 is 29.3 Å². The van der Waals surface area contributed by atoms with Gasteiger partial charge in [0.15, 0.2) is 5.82 Å². The molecule has 0 saturated carbocycles. The van der Waals surface area contributed by atoms with Crippen LogP contribution in [0, 0.1) is 12.8 Å². The number of rotatable bonds is 3. The summed E-state index contributed by atoms with van der Waals surface area (Å²) in [6, 6.07) is 0. The lowest BCUT2D eigenvalue weighted by Crippen LogP contribution is -2.38. The number of nitrogens with two attached hydrogens (primary N) is 1. The number of hydrogen-bond acceptors (Lipinski definition) is 5. The fraction of sp³-hybridized carbons (Fsp3) is 0.615. The maximum atomic E-state index is 10.9. The van der Waals surface area contributed by atoms with Crippen LogP contribution in [0.25, 0.3) is 0 Å². The van der Waals surface area contributed by atoms with E-state index < -0.39 is 0 Å². The van der Waals surface area contributed by atoms with E-state index in [1.807, 2.05) is 6.92 Å². The van der Waals surface area contributed by atoms with E-state index in [1.165, 1.54) is 0 Å². The highest BCUT2D eigenvalue weighted by molar-refractivity contribution is 6.33. The first kappa shape index (κ1) is 14.8. The molecule has 2 rings (SSSR count). The summed E-state index contributed by atoms with van der Waals surface area (Å²) < 4.78 is 0. The molecule has 0 aromatic carbocycles. The Balaban J connectivity index is 1.99. The molecule has 0 aliphatic carbocycles. The number of carbonyl (C=O) groups is 1. The van der Waals surface area contributed by atoms with Crippen LogP contribution >= 0.6 is 11.6 Å². The van der Waals surface area contributed by atoms with Gasteiger partial charge in [-0.1, -0.05) is 11.6 Å². The number of piperidine rings is 1. The SMILES string of the molecule is CC(=O)NCC1CCN(c2nc(N)nc(C)c2Cl)CC1. The molecule has 7 heteroatoms. The fourth-order valence-electron chi connectivity index (χ4n) is 2.41. The minimum Gasteiger partial charge on any atom is -0.368 e. The summed E-state index contributed by atoms with van der Waals surface area (Å²) in [6.45, 7) is 5.83. The highest BCUT2D eigenvalue weighted by Gasteiger charge is 2.23. The Hall–Kier alpha value is -1.56. The number of nitrogen functional groups attached to an aromatic ring is 1. The van der Waals surface area contributed by atoms with Gasteiger partial charge in [-0.25, -0.2) is 4.98 Å². The first-order valence-corrected chi connectivity index (χ1v) is 7.14. The van der Waals surface area contributed by atoms with Gasteiger partial charge in [0, 0.05) is 26.6 Å². The van der Waals surface area contributed by atoms with E-state index in [1.54, 1.807) is 6.92 Å². The van der Waals surface area contributed by atoms with Crippen LogP contribution in [0.1, 0.15) is 25.5 Å². The molecular weight excluding hydrogens is 278 g/mol. The number of amides is 1.